The molecule has 0 aliphatic carbocycles. The molecule has 2 N–H and O–H groups in total. The number of allylic oxidation sites excluding steroid dienone is 1. The van der Waals surface area contributed by atoms with Crippen LogP contribution in [0.15, 0.2) is 35.9 Å². The van der Waals surface area contributed by atoms with Crippen LogP contribution in [-0.4, -0.2) is 33.2 Å². The number of methoxy groups -OCH3 is 2. The lowest BCUT2D eigenvalue weighted by atomic mass is 9.96. The Morgan fingerprint density at radius 2 is 1.93 bits per heavy atom. The first kappa shape index (κ1) is 19.6. The molecule has 2 aromatic rings. The summed E-state index contributed by atoms with van der Waals surface area (Å²) in [7, 11) is 3.13. The van der Waals surface area contributed by atoms with Gasteiger partial charge in [-0.05, 0) is 42.8 Å². The van der Waals surface area contributed by atoms with Crippen LogP contribution in [0.4, 0.5) is 5.69 Å². The van der Waals surface area contributed by atoms with Crippen molar-refractivity contribution in [2.75, 3.05) is 33.2 Å². The van der Waals surface area contributed by atoms with E-state index < -0.39 is 0 Å². The lowest BCUT2D eigenvalue weighted by Gasteiger charge is -2.21. The molecule has 0 unspecified atom stereocenters. The smallest absolute Gasteiger partial charge is 0.204 e. The summed E-state index contributed by atoms with van der Waals surface area (Å²) in [5, 5.41) is 0. The van der Waals surface area contributed by atoms with Gasteiger partial charge in [0.2, 0.25) is 5.75 Å². The van der Waals surface area contributed by atoms with Crippen LogP contribution in [0.1, 0.15) is 35.7 Å². The Balaban J connectivity index is 2.01. The van der Waals surface area contributed by atoms with Gasteiger partial charge in [-0.15, -0.1) is 0 Å². The predicted molar refractivity (Wildman–Crippen MR) is 109 cm³/mol. The Labute approximate surface area is 164 Å². The molecule has 0 bridgehead atoms. The van der Waals surface area contributed by atoms with E-state index in [2.05, 4.69) is 0 Å². The lowest BCUT2D eigenvalue weighted by Crippen LogP contribution is -2.16. The number of ketones is 1. The molecule has 0 saturated carbocycles. The molecule has 0 aromatic heterocycles. The zero-order valence-electron chi connectivity index (χ0n) is 16.4. The fourth-order valence-electron chi connectivity index (χ4n) is 3.20. The predicted octanol–water partition coefficient (Wildman–Crippen LogP) is 4.12. The van der Waals surface area contributed by atoms with Crippen LogP contribution in [-0.2, 0) is 0 Å². The molecule has 3 rings (SSSR count). The molecule has 1 heterocycles. The number of rotatable bonds is 7. The molecule has 0 radical (unpaired) electrons. The van der Waals surface area contributed by atoms with E-state index in [1.165, 1.54) is 0 Å². The normalized spacial score (nSPS) is 13.2. The molecule has 0 spiro atoms. The summed E-state index contributed by atoms with van der Waals surface area (Å²) in [5.41, 5.74) is 8.36. The summed E-state index contributed by atoms with van der Waals surface area (Å²) in [4.78, 5) is 13.1. The Bertz CT molecular complexity index is 904. The zero-order valence-corrected chi connectivity index (χ0v) is 16.4. The van der Waals surface area contributed by atoms with E-state index in [0.29, 0.717) is 59.5 Å². The molecule has 28 heavy (non-hydrogen) atoms. The molecule has 148 valence electrons. The van der Waals surface area contributed by atoms with Crippen LogP contribution in [0, 0.1) is 0 Å². The third-order valence-electron chi connectivity index (χ3n) is 4.53. The van der Waals surface area contributed by atoms with Crippen molar-refractivity contribution in [3.63, 3.8) is 0 Å². The van der Waals surface area contributed by atoms with Gasteiger partial charge in [0.25, 0.3) is 0 Å². The van der Waals surface area contributed by atoms with Gasteiger partial charge in [-0.2, -0.15) is 0 Å². The number of nitrogens with two attached hydrogens (primary N) is 1. The molecular weight excluding hydrogens is 358 g/mol. The number of nitrogen functional groups attached to an aromatic ring is 1. The summed E-state index contributed by atoms with van der Waals surface area (Å²) in [5.74, 6) is 2.25. The van der Waals surface area contributed by atoms with E-state index in [1.807, 2.05) is 25.1 Å². The first-order valence-corrected chi connectivity index (χ1v) is 9.24. The minimum Gasteiger partial charge on any atom is -0.495 e. The number of carbonyl (C=O) groups excluding carboxylic acids is 1. The molecule has 0 atom stereocenters. The molecule has 0 amide bonds. The summed E-state index contributed by atoms with van der Waals surface area (Å²) in [6.45, 7) is 3.00. The zero-order chi connectivity index (χ0) is 20.1. The highest BCUT2D eigenvalue weighted by atomic mass is 16.6. The van der Waals surface area contributed by atoms with E-state index in [1.54, 1.807) is 32.4 Å². The van der Waals surface area contributed by atoms with E-state index in [4.69, 9.17) is 24.7 Å². The topological polar surface area (TPSA) is 80.0 Å². The molecule has 6 heteroatoms. The summed E-state index contributed by atoms with van der Waals surface area (Å²) < 4.78 is 22.1. The summed E-state index contributed by atoms with van der Waals surface area (Å²) in [6, 6.07) is 8.78. The van der Waals surface area contributed by atoms with Crippen molar-refractivity contribution in [2.45, 2.75) is 19.8 Å². The van der Waals surface area contributed by atoms with E-state index >= 15 is 0 Å². The van der Waals surface area contributed by atoms with Crippen LogP contribution in [0.2, 0.25) is 0 Å². The second-order valence-electron chi connectivity index (χ2n) is 6.42. The maximum Gasteiger partial charge on any atom is 0.204 e. The quantitative estimate of drug-likeness (QED) is 0.440. The van der Waals surface area contributed by atoms with E-state index in [9.17, 15) is 4.79 Å². The first-order chi connectivity index (χ1) is 13.6. The number of ether oxygens (including phenoxy) is 4. The fraction of sp³-hybridized carbons (Fsp3) is 0.318. The van der Waals surface area contributed by atoms with Gasteiger partial charge >= 0.3 is 0 Å². The van der Waals surface area contributed by atoms with Crippen molar-refractivity contribution < 1.29 is 23.7 Å². The molecule has 6 nitrogen and oxygen atoms in total. The fourth-order valence-corrected chi connectivity index (χ4v) is 3.20. The lowest BCUT2D eigenvalue weighted by molar-refractivity contribution is 0.103. The average molecular weight is 383 g/mol. The molecule has 1 aliphatic rings. The highest BCUT2D eigenvalue weighted by molar-refractivity contribution is 6.12. The minimum absolute atomic E-state index is 0.0758. The Morgan fingerprint density at radius 3 is 2.61 bits per heavy atom. The second-order valence-corrected chi connectivity index (χ2v) is 6.42. The van der Waals surface area contributed by atoms with Crippen molar-refractivity contribution in [2.24, 2.45) is 0 Å². The van der Waals surface area contributed by atoms with Crippen molar-refractivity contribution in [3.8, 4) is 23.0 Å². The second kappa shape index (κ2) is 8.69. The molecule has 2 aromatic carbocycles. The number of benzene rings is 2. The van der Waals surface area contributed by atoms with Crippen LogP contribution in [0.5, 0.6) is 23.0 Å². The average Bonchev–Trinajstić information content (AvgIpc) is 2.72. The van der Waals surface area contributed by atoms with Crippen LogP contribution >= 0.6 is 0 Å². The Morgan fingerprint density at radius 1 is 1.14 bits per heavy atom. The van der Waals surface area contributed by atoms with E-state index in [-0.39, 0.29) is 5.78 Å². The minimum atomic E-state index is -0.0758. The van der Waals surface area contributed by atoms with Gasteiger partial charge in [0.15, 0.2) is 17.3 Å². The maximum absolute atomic E-state index is 13.1. The van der Waals surface area contributed by atoms with Gasteiger partial charge in [-0.1, -0.05) is 13.3 Å². The number of hydrogen-bond donors (Lipinski definition) is 1. The maximum atomic E-state index is 13.1. The number of fused-ring (bicyclic) bond motifs is 1. The SMILES string of the molecule is CCCC(=Cc1ccc2c(c1OC)OCCO2)C(=O)c1ccc(OC)c(N)c1. The van der Waals surface area contributed by atoms with Crippen molar-refractivity contribution in [1.82, 2.24) is 0 Å². The van der Waals surface area contributed by atoms with Crippen LogP contribution < -0.4 is 24.7 Å². The standard InChI is InChI=1S/C22H25NO5/c1-4-5-14(20(24)15-6-8-18(25-2)17(23)13-15)12-16-7-9-19-22(21(16)26-3)28-11-10-27-19/h6-9,12-13H,4-5,10-11,23H2,1-3H3. The molecule has 0 fully saturated rings. The number of hydrogen-bond acceptors (Lipinski definition) is 6. The highest BCUT2D eigenvalue weighted by Crippen LogP contribution is 2.42. The molecule has 0 saturated heterocycles. The summed E-state index contributed by atoms with van der Waals surface area (Å²) >= 11 is 0. The van der Waals surface area contributed by atoms with Crippen molar-refractivity contribution in [3.05, 3.63) is 47.0 Å². The van der Waals surface area contributed by atoms with Gasteiger partial charge in [0.1, 0.15) is 19.0 Å². The van der Waals surface area contributed by atoms with Crippen LogP contribution in [0.25, 0.3) is 6.08 Å². The van der Waals surface area contributed by atoms with Crippen molar-refractivity contribution >= 4 is 17.5 Å². The van der Waals surface area contributed by atoms with Crippen LogP contribution in [0.3, 0.4) is 0 Å². The first-order valence-electron chi connectivity index (χ1n) is 9.24. The van der Waals surface area contributed by atoms with Gasteiger partial charge in [0, 0.05) is 16.7 Å². The molecule has 1 aliphatic heterocycles. The number of Topliss-reactive ketones (excluding diaryl/α,β-unsaturated/α-hetero) is 1. The monoisotopic (exact) mass is 383 g/mol. The largest absolute Gasteiger partial charge is 0.495 e. The molecular formula is C22H25NO5. The Kier molecular flexibility index (Phi) is 6.09. The van der Waals surface area contributed by atoms with Crippen molar-refractivity contribution in [1.29, 1.82) is 0 Å². The number of anilines is 1. The van der Waals surface area contributed by atoms with Gasteiger partial charge in [-0.25, -0.2) is 0 Å². The van der Waals surface area contributed by atoms with Gasteiger partial charge in [-0.3, -0.25) is 4.79 Å². The number of carbonyl (C=O) groups is 1. The highest BCUT2D eigenvalue weighted by Gasteiger charge is 2.21. The van der Waals surface area contributed by atoms with Gasteiger partial charge in [0.05, 0.1) is 19.9 Å². The van der Waals surface area contributed by atoms with Gasteiger partial charge < -0.3 is 24.7 Å². The Hall–Kier alpha value is -3.15. The summed E-state index contributed by atoms with van der Waals surface area (Å²) in [6.07, 6.45) is 3.31. The third-order valence-corrected chi connectivity index (χ3v) is 4.53. The third kappa shape index (κ3) is 3.91. The van der Waals surface area contributed by atoms with E-state index in [0.717, 1.165) is 12.0 Å².